The Morgan fingerprint density at radius 3 is 2.90 bits per heavy atom. The van der Waals surface area contributed by atoms with Crippen LogP contribution in [-0.4, -0.2) is 32.4 Å². The van der Waals surface area contributed by atoms with E-state index < -0.39 is 0 Å². The molecule has 20 heavy (non-hydrogen) atoms. The van der Waals surface area contributed by atoms with Crippen LogP contribution in [0, 0.1) is 18.8 Å². The van der Waals surface area contributed by atoms with Gasteiger partial charge in [0.05, 0.1) is 0 Å². The summed E-state index contributed by atoms with van der Waals surface area (Å²) in [4.78, 5) is 16.1. The summed E-state index contributed by atoms with van der Waals surface area (Å²) in [6.07, 6.45) is 1.37. The van der Waals surface area contributed by atoms with Crippen LogP contribution in [0.1, 0.15) is 21.5 Å². The number of anilines is 1. The van der Waals surface area contributed by atoms with E-state index in [9.17, 15) is 4.79 Å². The van der Waals surface area contributed by atoms with Gasteiger partial charge in [0, 0.05) is 18.2 Å². The van der Waals surface area contributed by atoms with E-state index in [-0.39, 0.29) is 12.5 Å². The molecule has 1 aromatic carbocycles. The lowest BCUT2D eigenvalue weighted by molar-refractivity contribution is 0.102. The molecule has 6 nitrogen and oxygen atoms in total. The number of aliphatic hydroxyl groups is 1. The van der Waals surface area contributed by atoms with Crippen molar-refractivity contribution in [2.24, 2.45) is 7.05 Å². The molecule has 0 atom stereocenters. The van der Waals surface area contributed by atoms with Gasteiger partial charge in [-0.15, -0.1) is 0 Å². The highest BCUT2D eigenvalue weighted by atomic mass is 16.2. The van der Waals surface area contributed by atoms with Crippen molar-refractivity contribution in [2.75, 3.05) is 11.9 Å². The van der Waals surface area contributed by atoms with Gasteiger partial charge in [-0.25, -0.2) is 4.68 Å². The number of aliphatic hydroxyl groups excluding tert-OH is 1. The second-order valence-corrected chi connectivity index (χ2v) is 4.21. The maximum atomic E-state index is 12.2. The van der Waals surface area contributed by atoms with E-state index >= 15 is 0 Å². The lowest BCUT2D eigenvalue weighted by Gasteiger charge is -2.05. The highest BCUT2D eigenvalue weighted by Gasteiger charge is 2.10. The van der Waals surface area contributed by atoms with Crippen LogP contribution in [0.3, 0.4) is 0 Å². The third-order valence-corrected chi connectivity index (χ3v) is 2.59. The molecule has 6 heteroatoms. The molecule has 0 aliphatic carbocycles. The maximum absolute atomic E-state index is 12.2. The van der Waals surface area contributed by atoms with Gasteiger partial charge in [-0.3, -0.25) is 10.1 Å². The van der Waals surface area contributed by atoms with Crippen molar-refractivity contribution in [3.63, 3.8) is 0 Å². The van der Waals surface area contributed by atoms with E-state index in [1.165, 1.54) is 11.0 Å². The molecule has 0 saturated heterocycles. The van der Waals surface area contributed by atoms with Gasteiger partial charge in [-0.1, -0.05) is 11.8 Å². The third-order valence-electron chi connectivity index (χ3n) is 2.59. The van der Waals surface area contributed by atoms with Crippen molar-refractivity contribution in [1.29, 1.82) is 0 Å². The zero-order chi connectivity index (χ0) is 14.5. The number of hydrogen-bond acceptors (Lipinski definition) is 4. The SMILES string of the molecule is Cc1cc(C#CCO)cc(C(=O)Nc2ncnn2C)c1. The number of nitrogens with one attached hydrogen (secondary N) is 1. The molecule has 2 N–H and O–H groups in total. The van der Waals surface area contributed by atoms with E-state index in [0.717, 1.165) is 5.56 Å². The Kier molecular flexibility index (Phi) is 4.13. The molecule has 0 fully saturated rings. The molecule has 2 rings (SSSR count). The Labute approximate surface area is 116 Å². The Bertz CT molecular complexity index is 695. The van der Waals surface area contributed by atoms with Crippen LogP contribution >= 0.6 is 0 Å². The molecule has 1 aromatic heterocycles. The summed E-state index contributed by atoms with van der Waals surface area (Å²) in [7, 11) is 1.69. The largest absolute Gasteiger partial charge is 0.384 e. The van der Waals surface area contributed by atoms with E-state index in [4.69, 9.17) is 5.11 Å². The van der Waals surface area contributed by atoms with E-state index in [1.54, 1.807) is 19.2 Å². The monoisotopic (exact) mass is 270 g/mol. The predicted molar refractivity (Wildman–Crippen MR) is 74.1 cm³/mol. The fourth-order valence-corrected chi connectivity index (χ4v) is 1.71. The third kappa shape index (κ3) is 3.22. The molecule has 102 valence electrons. The van der Waals surface area contributed by atoms with Gasteiger partial charge >= 0.3 is 0 Å². The number of amides is 1. The zero-order valence-corrected chi connectivity index (χ0v) is 11.2. The second kappa shape index (κ2) is 5.99. The summed E-state index contributed by atoms with van der Waals surface area (Å²) in [5, 5.41) is 15.3. The molecule has 0 saturated carbocycles. The predicted octanol–water partition coefficient (Wildman–Crippen LogP) is 0.720. The number of aromatic nitrogens is 3. The van der Waals surface area contributed by atoms with Crippen LogP contribution < -0.4 is 5.32 Å². The van der Waals surface area contributed by atoms with Gasteiger partial charge in [0.1, 0.15) is 12.9 Å². The van der Waals surface area contributed by atoms with Crippen molar-refractivity contribution in [1.82, 2.24) is 14.8 Å². The minimum atomic E-state index is -0.281. The Morgan fingerprint density at radius 1 is 1.45 bits per heavy atom. The molecular formula is C14H14N4O2. The number of nitrogens with zero attached hydrogens (tertiary/aromatic N) is 3. The van der Waals surface area contributed by atoms with E-state index in [0.29, 0.717) is 17.1 Å². The molecule has 2 aromatic rings. The number of benzene rings is 1. The summed E-state index contributed by atoms with van der Waals surface area (Å²) in [6.45, 7) is 1.66. The summed E-state index contributed by atoms with van der Waals surface area (Å²) in [5.41, 5.74) is 2.08. The Balaban J connectivity index is 2.25. The lowest BCUT2D eigenvalue weighted by Crippen LogP contribution is -2.15. The van der Waals surface area contributed by atoms with Crippen LogP contribution in [0.5, 0.6) is 0 Å². The smallest absolute Gasteiger partial charge is 0.258 e. The molecule has 0 bridgehead atoms. The highest BCUT2D eigenvalue weighted by molar-refractivity contribution is 6.03. The second-order valence-electron chi connectivity index (χ2n) is 4.21. The van der Waals surface area contributed by atoms with Crippen LogP contribution in [0.15, 0.2) is 24.5 Å². The summed E-state index contributed by atoms with van der Waals surface area (Å²) in [6, 6.07) is 5.28. The van der Waals surface area contributed by atoms with Crippen LogP contribution in [0.25, 0.3) is 0 Å². The fourth-order valence-electron chi connectivity index (χ4n) is 1.71. The van der Waals surface area contributed by atoms with Gasteiger partial charge in [0.25, 0.3) is 5.91 Å². The summed E-state index contributed by atoms with van der Waals surface area (Å²) >= 11 is 0. The summed E-state index contributed by atoms with van der Waals surface area (Å²) in [5.74, 6) is 5.44. The standard InChI is InChI=1S/C14H14N4O2/c1-10-6-11(4-3-5-19)8-12(7-10)13(20)17-14-15-9-16-18(14)2/h6-9,19H,5H2,1-2H3,(H,15,16,17,20). The Morgan fingerprint density at radius 2 is 2.25 bits per heavy atom. The van der Waals surface area contributed by atoms with E-state index in [1.807, 2.05) is 13.0 Å². The van der Waals surface area contributed by atoms with Gasteiger partial charge in [0.15, 0.2) is 0 Å². The zero-order valence-electron chi connectivity index (χ0n) is 11.2. The first-order valence-corrected chi connectivity index (χ1v) is 5.97. The molecular weight excluding hydrogens is 256 g/mol. The normalized spacial score (nSPS) is 9.75. The molecule has 0 spiro atoms. The van der Waals surface area contributed by atoms with Gasteiger partial charge in [0.2, 0.25) is 5.95 Å². The van der Waals surface area contributed by atoms with Crippen molar-refractivity contribution in [2.45, 2.75) is 6.92 Å². The number of carbonyl (C=O) groups is 1. The van der Waals surface area contributed by atoms with E-state index in [2.05, 4.69) is 27.2 Å². The first-order chi connectivity index (χ1) is 9.60. The first kappa shape index (κ1) is 13.8. The van der Waals surface area contributed by atoms with Crippen LogP contribution in [0.4, 0.5) is 5.95 Å². The maximum Gasteiger partial charge on any atom is 0.258 e. The molecule has 1 amide bonds. The van der Waals surface area contributed by atoms with Crippen molar-refractivity contribution < 1.29 is 9.90 Å². The van der Waals surface area contributed by atoms with Crippen molar-refractivity contribution in [3.05, 3.63) is 41.2 Å². The molecule has 0 radical (unpaired) electrons. The molecule has 0 aliphatic heterocycles. The summed E-state index contributed by atoms with van der Waals surface area (Å²) < 4.78 is 1.47. The van der Waals surface area contributed by atoms with Gasteiger partial charge < -0.3 is 5.11 Å². The molecule has 1 heterocycles. The number of hydrogen-bond donors (Lipinski definition) is 2. The molecule has 0 aliphatic rings. The minimum Gasteiger partial charge on any atom is -0.384 e. The van der Waals surface area contributed by atoms with Crippen molar-refractivity contribution in [3.8, 4) is 11.8 Å². The average molecular weight is 270 g/mol. The number of carbonyl (C=O) groups excluding carboxylic acids is 1. The van der Waals surface area contributed by atoms with Crippen LogP contribution in [0.2, 0.25) is 0 Å². The average Bonchev–Trinajstić information content (AvgIpc) is 2.81. The lowest BCUT2D eigenvalue weighted by atomic mass is 10.1. The number of rotatable bonds is 2. The fraction of sp³-hybridized carbons (Fsp3) is 0.214. The number of aryl methyl sites for hydroxylation is 2. The molecule has 0 unspecified atom stereocenters. The Hall–Kier alpha value is -2.65. The van der Waals surface area contributed by atoms with Crippen LogP contribution in [-0.2, 0) is 7.05 Å². The van der Waals surface area contributed by atoms with Gasteiger partial charge in [-0.2, -0.15) is 10.1 Å². The minimum absolute atomic E-state index is 0.214. The highest BCUT2D eigenvalue weighted by Crippen LogP contribution is 2.11. The first-order valence-electron chi connectivity index (χ1n) is 5.97. The quantitative estimate of drug-likeness (QED) is 0.788. The topological polar surface area (TPSA) is 80.0 Å². The van der Waals surface area contributed by atoms with Gasteiger partial charge in [-0.05, 0) is 30.7 Å². The van der Waals surface area contributed by atoms with Crippen molar-refractivity contribution >= 4 is 11.9 Å².